The molecule has 0 aromatic heterocycles. The van der Waals surface area contributed by atoms with Gasteiger partial charge < -0.3 is 0 Å². The predicted molar refractivity (Wildman–Crippen MR) is 77.8 cm³/mol. The summed E-state index contributed by atoms with van der Waals surface area (Å²) in [4.78, 5) is 25.0. The highest BCUT2D eigenvalue weighted by Crippen LogP contribution is 2.38. The summed E-state index contributed by atoms with van der Waals surface area (Å²) in [6, 6.07) is 5.71. The number of imide groups is 1. The molecule has 1 atom stereocenters. The van der Waals surface area contributed by atoms with E-state index in [2.05, 4.69) is 0 Å². The molecule has 0 saturated heterocycles. The van der Waals surface area contributed by atoms with Crippen LogP contribution < -0.4 is 0 Å². The zero-order chi connectivity index (χ0) is 14.3. The topological polar surface area (TPSA) is 37.4 Å². The number of halogens is 1. The van der Waals surface area contributed by atoms with E-state index in [0.29, 0.717) is 12.0 Å². The van der Waals surface area contributed by atoms with Crippen molar-refractivity contribution in [3.05, 3.63) is 34.9 Å². The summed E-state index contributed by atoms with van der Waals surface area (Å²) in [6.45, 7) is 0. The third-order valence-electron chi connectivity index (χ3n) is 4.51. The number of hydrogen-bond acceptors (Lipinski definition) is 2. The lowest BCUT2D eigenvalue weighted by atomic mass is 9.81. The summed E-state index contributed by atoms with van der Waals surface area (Å²) in [5.74, 6) is 0.367. The highest BCUT2D eigenvalue weighted by molar-refractivity contribution is 6.21. The fraction of sp³-hybridized carbons (Fsp3) is 0.500. The van der Waals surface area contributed by atoms with E-state index >= 15 is 0 Å². The van der Waals surface area contributed by atoms with Crippen LogP contribution in [-0.4, -0.2) is 23.8 Å². The maximum atomic E-state index is 12.2. The molecule has 0 bridgehead atoms. The van der Waals surface area contributed by atoms with Gasteiger partial charge in [0.2, 0.25) is 5.91 Å². The molecule has 2 aliphatic rings. The first-order valence-electron chi connectivity index (χ1n) is 7.14. The molecule has 2 amide bonds. The molecule has 1 unspecified atom stereocenters. The molecule has 1 aromatic rings. The van der Waals surface area contributed by atoms with Crippen LogP contribution in [0.15, 0.2) is 18.2 Å². The monoisotopic (exact) mass is 291 g/mol. The molecule has 3 rings (SSSR count). The second-order valence-electron chi connectivity index (χ2n) is 5.85. The molecule has 1 aromatic carbocycles. The number of alkyl halides is 1. The number of fused-ring (bicyclic) bond motifs is 1. The number of hydrogen-bond donors (Lipinski definition) is 0. The van der Waals surface area contributed by atoms with Crippen LogP contribution in [0, 0.1) is 5.92 Å². The number of carbonyl (C=O) groups excluding carboxylic acids is 2. The number of amides is 2. The van der Waals surface area contributed by atoms with E-state index in [1.165, 1.54) is 31.2 Å². The number of nitrogens with zero attached hydrogens (tertiary/aromatic N) is 1. The van der Waals surface area contributed by atoms with Crippen molar-refractivity contribution in [2.24, 2.45) is 5.92 Å². The molecule has 3 nitrogen and oxygen atoms in total. The van der Waals surface area contributed by atoms with E-state index in [1.54, 1.807) is 0 Å². The standard InChI is InChI=1S/C16H18ClNO2/c1-18-15(19)9-11-5-6-12(8-13(11)16(18)20)14(17)7-10-3-2-4-10/h5-6,8,10,14H,2-4,7,9H2,1H3. The molecule has 0 N–H and O–H groups in total. The summed E-state index contributed by atoms with van der Waals surface area (Å²) in [5, 5.41) is -0.0404. The maximum absolute atomic E-state index is 12.2. The second kappa shape index (κ2) is 5.21. The third kappa shape index (κ3) is 2.35. The Morgan fingerprint density at radius 2 is 2.10 bits per heavy atom. The summed E-state index contributed by atoms with van der Waals surface area (Å²) in [5.41, 5.74) is 2.44. The van der Waals surface area contributed by atoms with E-state index in [1.807, 2.05) is 18.2 Å². The number of benzene rings is 1. The minimum absolute atomic E-state index is 0.0404. The summed E-state index contributed by atoms with van der Waals surface area (Å²) in [6.07, 6.45) is 5.12. The van der Waals surface area contributed by atoms with E-state index in [0.717, 1.165) is 23.5 Å². The Hall–Kier alpha value is -1.35. The zero-order valence-electron chi connectivity index (χ0n) is 11.6. The average Bonchev–Trinajstić information content (AvgIpc) is 2.40. The number of carbonyl (C=O) groups is 2. The molecule has 1 aliphatic heterocycles. The van der Waals surface area contributed by atoms with Gasteiger partial charge in [0.05, 0.1) is 11.8 Å². The van der Waals surface area contributed by atoms with Gasteiger partial charge in [-0.25, -0.2) is 0 Å². The van der Waals surface area contributed by atoms with Gasteiger partial charge in [-0.1, -0.05) is 31.4 Å². The van der Waals surface area contributed by atoms with Crippen LogP contribution in [0.3, 0.4) is 0 Å². The van der Waals surface area contributed by atoms with Gasteiger partial charge in [-0.15, -0.1) is 11.6 Å². The number of rotatable bonds is 3. The Labute approximate surface area is 123 Å². The van der Waals surface area contributed by atoms with Gasteiger partial charge in [-0.2, -0.15) is 0 Å². The van der Waals surface area contributed by atoms with Gasteiger partial charge in [0, 0.05) is 12.6 Å². The lowest BCUT2D eigenvalue weighted by Gasteiger charge is -2.28. The quantitative estimate of drug-likeness (QED) is 0.633. The van der Waals surface area contributed by atoms with Crippen molar-refractivity contribution in [3.8, 4) is 0 Å². The van der Waals surface area contributed by atoms with Crippen LogP contribution >= 0.6 is 11.6 Å². The Kier molecular flexibility index (Phi) is 3.55. The predicted octanol–water partition coefficient (Wildman–Crippen LogP) is 3.31. The lowest BCUT2D eigenvalue weighted by molar-refractivity contribution is -0.127. The molecule has 106 valence electrons. The van der Waals surface area contributed by atoms with Crippen LogP contribution in [-0.2, 0) is 11.2 Å². The van der Waals surface area contributed by atoms with Crippen LogP contribution in [0.25, 0.3) is 0 Å². The molecule has 1 aliphatic carbocycles. The van der Waals surface area contributed by atoms with Crippen molar-refractivity contribution in [1.82, 2.24) is 4.90 Å². The zero-order valence-corrected chi connectivity index (χ0v) is 12.3. The van der Waals surface area contributed by atoms with Crippen molar-refractivity contribution in [2.45, 2.75) is 37.5 Å². The van der Waals surface area contributed by atoms with Gasteiger partial charge in [-0.05, 0) is 29.5 Å². The molecule has 1 heterocycles. The summed E-state index contributed by atoms with van der Waals surface area (Å²) in [7, 11) is 1.53. The van der Waals surface area contributed by atoms with E-state index in [4.69, 9.17) is 11.6 Å². The van der Waals surface area contributed by atoms with Gasteiger partial charge >= 0.3 is 0 Å². The molecular formula is C16H18ClNO2. The van der Waals surface area contributed by atoms with Crippen molar-refractivity contribution in [2.75, 3.05) is 7.05 Å². The van der Waals surface area contributed by atoms with Crippen LogP contribution in [0.1, 0.15) is 52.5 Å². The van der Waals surface area contributed by atoms with Crippen molar-refractivity contribution in [3.63, 3.8) is 0 Å². The normalized spacial score (nSPS) is 20.6. The van der Waals surface area contributed by atoms with Gasteiger partial charge in [0.15, 0.2) is 0 Å². The Morgan fingerprint density at radius 1 is 1.35 bits per heavy atom. The molecule has 0 radical (unpaired) electrons. The molecular weight excluding hydrogens is 274 g/mol. The Balaban J connectivity index is 1.84. The first-order chi connectivity index (χ1) is 9.56. The molecule has 4 heteroatoms. The SMILES string of the molecule is CN1C(=O)Cc2ccc(C(Cl)CC3CCC3)cc2C1=O. The van der Waals surface area contributed by atoms with E-state index in [9.17, 15) is 9.59 Å². The fourth-order valence-corrected chi connectivity index (χ4v) is 3.26. The maximum Gasteiger partial charge on any atom is 0.260 e. The summed E-state index contributed by atoms with van der Waals surface area (Å²) >= 11 is 6.48. The minimum Gasteiger partial charge on any atom is -0.281 e. The van der Waals surface area contributed by atoms with Gasteiger partial charge in [0.1, 0.15) is 0 Å². The second-order valence-corrected chi connectivity index (χ2v) is 6.38. The van der Waals surface area contributed by atoms with E-state index < -0.39 is 0 Å². The molecule has 0 spiro atoms. The fourth-order valence-electron chi connectivity index (χ4n) is 2.87. The lowest BCUT2D eigenvalue weighted by Crippen LogP contribution is -2.39. The van der Waals surface area contributed by atoms with Crippen LogP contribution in [0.2, 0.25) is 0 Å². The minimum atomic E-state index is -0.217. The third-order valence-corrected chi connectivity index (χ3v) is 4.94. The highest BCUT2D eigenvalue weighted by Gasteiger charge is 2.29. The van der Waals surface area contributed by atoms with Crippen molar-refractivity contribution in [1.29, 1.82) is 0 Å². The molecule has 1 fully saturated rings. The van der Waals surface area contributed by atoms with Gasteiger partial charge in [-0.3, -0.25) is 14.5 Å². The van der Waals surface area contributed by atoms with Gasteiger partial charge in [0.25, 0.3) is 5.91 Å². The highest BCUT2D eigenvalue weighted by atomic mass is 35.5. The van der Waals surface area contributed by atoms with Crippen LogP contribution in [0.5, 0.6) is 0 Å². The molecule has 1 saturated carbocycles. The largest absolute Gasteiger partial charge is 0.281 e. The van der Waals surface area contributed by atoms with Crippen molar-refractivity contribution >= 4 is 23.4 Å². The first kappa shape index (κ1) is 13.6. The van der Waals surface area contributed by atoms with Crippen LogP contribution in [0.4, 0.5) is 0 Å². The first-order valence-corrected chi connectivity index (χ1v) is 7.57. The Morgan fingerprint density at radius 3 is 2.75 bits per heavy atom. The molecule has 20 heavy (non-hydrogen) atoms. The van der Waals surface area contributed by atoms with Crippen molar-refractivity contribution < 1.29 is 9.59 Å². The summed E-state index contributed by atoms with van der Waals surface area (Å²) < 4.78 is 0. The average molecular weight is 292 g/mol. The smallest absolute Gasteiger partial charge is 0.260 e. The number of likely N-dealkylation sites (N-methyl/N-ethyl adjacent to an activating group) is 1. The van der Waals surface area contributed by atoms with E-state index in [-0.39, 0.29) is 17.2 Å². The Bertz CT molecular complexity index is 566.